The number of aliphatic imine (C=N–C) groups is 1. The van der Waals surface area contributed by atoms with Crippen molar-refractivity contribution in [3.63, 3.8) is 0 Å². The number of thiazole rings is 1. The Kier molecular flexibility index (Phi) is 4.93. The molecule has 7 heteroatoms. The van der Waals surface area contributed by atoms with Gasteiger partial charge in [-0.3, -0.25) is 4.99 Å². The van der Waals surface area contributed by atoms with Gasteiger partial charge in [-0.25, -0.2) is 9.78 Å². The Bertz CT molecular complexity index is 903. The Balaban J connectivity index is 2.10. The molecule has 1 aliphatic carbocycles. The largest absolute Gasteiger partial charge is 0.507 e. The second kappa shape index (κ2) is 7.01. The molecule has 0 unspecified atom stereocenters. The van der Waals surface area contributed by atoms with Crippen LogP contribution < -0.4 is 0 Å². The molecule has 136 valence electrons. The maximum absolute atomic E-state index is 11.8. The van der Waals surface area contributed by atoms with Crippen molar-refractivity contribution in [3.05, 3.63) is 51.0 Å². The lowest BCUT2D eigenvalue weighted by Crippen LogP contribution is -2.32. The summed E-state index contributed by atoms with van der Waals surface area (Å²) >= 11 is 1.34. The quantitative estimate of drug-likeness (QED) is 0.635. The van der Waals surface area contributed by atoms with Crippen LogP contribution in [0.4, 0.5) is 0 Å². The summed E-state index contributed by atoms with van der Waals surface area (Å²) < 4.78 is 4.70. The first kappa shape index (κ1) is 18.3. The minimum atomic E-state index is -1.32. The molecular formula is C19H20N2O4S. The molecule has 26 heavy (non-hydrogen) atoms. The summed E-state index contributed by atoms with van der Waals surface area (Å²) in [5.41, 5.74) is 0.623. The number of hydrogen-bond acceptors (Lipinski definition) is 7. The minimum absolute atomic E-state index is 0.0994. The Labute approximate surface area is 155 Å². The van der Waals surface area contributed by atoms with Gasteiger partial charge in [0.05, 0.1) is 17.7 Å². The van der Waals surface area contributed by atoms with Crippen molar-refractivity contribution < 1.29 is 19.7 Å². The number of benzene rings is 1. The van der Waals surface area contributed by atoms with E-state index in [1.54, 1.807) is 12.3 Å². The van der Waals surface area contributed by atoms with Gasteiger partial charge in [-0.05, 0) is 44.5 Å². The lowest BCUT2D eigenvalue weighted by Gasteiger charge is -2.33. The van der Waals surface area contributed by atoms with E-state index >= 15 is 0 Å². The predicted molar refractivity (Wildman–Crippen MR) is 101 cm³/mol. The molecular weight excluding hydrogens is 352 g/mol. The number of rotatable bonds is 4. The number of esters is 1. The normalized spacial score (nSPS) is 19.7. The van der Waals surface area contributed by atoms with Crippen LogP contribution in [0.15, 0.2) is 29.4 Å². The SMILES string of the molecule is C=N/C(=C\C)c1cnc([C@@]2(O)CCCc3c2ccc(C(=O)OC)c3O)s1. The zero-order chi connectivity index (χ0) is 18.9. The number of nitrogens with zero attached hydrogens (tertiary/aromatic N) is 2. The van der Waals surface area contributed by atoms with E-state index in [1.807, 2.05) is 13.0 Å². The third-order valence-corrected chi connectivity index (χ3v) is 5.83. The van der Waals surface area contributed by atoms with Crippen molar-refractivity contribution in [1.29, 1.82) is 0 Å². The molecule has 0 saturated carbocycles. The van der Waals surface area contributed by atoms with Crippen molar-refractivity contribution in [1.82, 2.24) is 4.98 Å². The zero-order valence-corrected chi connectivity index (χ0v) is 15.5. The lowest BCUT2D eigenvalue weighted by atomic mass is 9.78. The number of allylic oxidation sites excluding steroid dienone is 1. The molecule has 0 radical (unpaired) electrons. The van der Waals surface area contributed by atoms with Crippen LogP contribution in [-0.4, -0.2) is 35.0 Å². The van der Waals surface area contributed by atoms with E-state index in [-0.39, 0.29) is 11.3 Å². The molecule has 2 N–H and O–H groups in total. The molecule has 0 saturated heterocycles. The number of phenolic OH excluding ortho intramolecular Hbond substituents is 1. The monoisotopic (exact) mass is 372 g/mol. The molecule has 1 heterocycles. The van der Waals surface area contributed by atoms with E-state index < -0.39 is 11.6 Å². The van der Waals surface area contributed by atoms with Gasteiger partial charge in [0.25, 0.3) is 0 Å². The maximum atomic E-state index is 11.8. The van der Waals surface area contributed by atoms with Crippen LogP contribution in [0, 0.1) is 0 Å². The second-order valence-corrected chi connectivity index (χ2v) is 7.09. The molecule has 1 atom stereocenters. The molecule has 6 nitrogen and oxygen atoms in total. The first-order chi connectivity index (χ1) is 12.5. The number of methoxy groups -OCH3 is 1. The topological polar surface area (TPSA) is 92.0 Å². The van der Waals surface area contributed by atoms with Crippen molar-refractivity contribution in [2.24, 2.45) is 4.99 Å². The van der Waals surface area contributed by atoms with Crippen molar-refractivity contribution in [2.45, 2.75) is 31.8 Å². The number of hydrogen-bond donors (Lipinski definition) is 2. The summed E-state index contributed by atoms with van der Waals surface area (Å²) in [6.07, 6.45) is 5.21. The van der Waals surface area contributed by atoms with Gasteiger partial charge in [0.2, 0.25) is 0 Å². The summed E-state index contributed by atoms with van der Waals surface area (Å²) in [5, 5.41) is 22.5. The lowest BCUT2D eigenvalue weighted by molar-refractivity contribution is 0.0574. The molecule has 1 aliphatic rings. The van der Waals surface area contributed by atoms with Crippen LogP contribution in [0.3, 0.4) is 0 Å². The van der Waals surface area contributed by atoms with Gasteiger partial charge in [-0.1, -0.05) is 12.1 Å². The number of aromatic nitrogens is 1. The first-order valence-corrected chi connectivity index (χ1v) is 9.03. The summed E-state index contributed by atoms with van der Waals surface area (Å²) in [7, 11) is 1.27. The van der Waals surface area contributed by atoms with E-state index in [0.29, 0.717) is 41.1 Å². The Morgan fingerprint density at radius 1 is 1.50 bits per heavy atom. The molecule has 0 spiro atoms. The van der Waals surface area contributed by atoms with E-state index in [4.69, 9.17) is 4.74 Å². The number of carbonyl (C=O) groups excluding carboxylic acids is 1. The van der Waals surface area contributed by atoms with E-state index in [1.165, 1.54) is 24.5 Å². The summed E-state index contributed by atoms with van der Waals surface area (Å²) in [6, 6.07) is 3.15. The highest BCUT2D eigenvalue weighted by molar-refractivity contribution is 7.12. The zero-order valence-electron chi connectivity index (χ0n) is 14.7. The molecule has 0 fully saturated rings. The van der Waals surface area contributed by atoms with Gasteiger partial charge in [-0.15, -0.1) is 11.3 Å². The highest BCUT2D eigenvalue weighted by atomic mass is 32.1. The first-order valence-electron chi connectivity index (χ1n) is 8.22. The average Bonchev–Trinajstić information content (AvgIpc) is 3.14. The highest BCUT2D eigenvalue weighted by Gasteiger charge is 2.40. The molecule has 1 aromatic heterocycles. The predicted octanol–water partition coefficient (Wildman–Crippen LogP) is 3.27. The Morgan fingerprint density at radius 2 is 2.27 bits per heavy atom. The second-order valence-electron chi connectivity index (χ2n) is 6.05. The van der Waals surface area contributed by atoms with Gasteiger partial charge >= 0.3 is 5.97 Å². The van der Waals surface area contributed by atoms with Crippen LogP contribution in [0.2, 0.25) is 0 Å². The number of aromatic hydroxyl groups is 1. The summed E-state index contributed by atoms with van der Waals surface area (Å²) in [6.45, 7) is 5.41. The fourth-order valence-corrected chi connectivity index (χ4v) is 4.41. The third-order valence-electron chi connectivity index (χ3n) is 4.65. The third kappa shape index (κ3) is 2.83. The Hall–Kier alpha value is -2.51. The van der Waals surface area contributed by atoms with E-state index in [2.05, 4.69) is 16.7 Å². The van der Waals surface area contributed by atoms with Gasteiger partial charge in [0.15, 0.2) is 0 Å². The van der Waals surface area contributed by atoms with Gasteiger partial charge in [0, 0.05) is 11.8 Å². The number of ether oxygens (including phenoxy) is 1. The number of carbonyl (C=O) groups is 1. The number of aliphatic hydroxyl groups is 1. The number of phenols is 1. The smallest absolute Gasteiger partial charge is 0.341 e. The molecule has 1 aromatic carbocycles. The summed E-state index contributed by atoms with van der Waals surface area (Å²) in [5.74, 6) is -0.739. The van der Waals surface area contributed by atoms with E-state index in [0.717, 1.165) is 4.88 Å². The van der Waals surface area contributed by atoms with Crippen LogP contribution in [0.5, 0.6) is 5.75 Å². The van der Waals surface area contributed by atoms with E-state index in [9.17, 15) is 15.0 Å². The molecule has 2 aromatic rings. The minimum Gasteiger partial charge on any atom is -0.507 e. The average molecular weight is 372 g/mol. The molecule has 0 bridgehead atoms. The van der Waals surface area contributed by atoms with Crippen molar-refractivity contribution in [2.75, 3.05) is 7.11 Å². The van der Waals surface area contributed by atoms with Crippen LogP contribution >= 0.6 is 11.3 Å². The van der Waals surface area contributed by atoms with Crippen LogP contribution in [-0.2, 0) is 16.8 Å². The highest BCUT2D eigenvalue weighted by Crippen LogP contribution is 2.46. The Morgan fingerprint density at radius 3 is 2.92 bits per heavy atom. The van der Waals surface area contributed by atoms with Crippen LogP contribution in [0.25, 0.3) is 5.70 Å². The van der Waals surface area contributed by atoms with Crippen molar-refractivity contribution in [3.8, 4) is 5.75 Å². The fraction of sp³-hybridized carbons (Fsp3) is 0.316. The van der Waals surface area contributed by atoms with Crippen molar-refractivity contribution >= 4 is 29.7 Å². The maximum Gasteiger partial charge on any atom is 0.341 e. The van der Waals surface area contributed by atoms with Gasteiger partial charge in [-0.2, -0.15) is 0 Å². The molecule has 0 amide bonds. The van der Waals surface area contributed by atoms with Crippen LogP contribution in [0.1, 0.15) is 51.1 Å². The fourth-order valence-electron chi connectivity index (χ4n) is 3.32. The molecule has 3 rings (SSSR count). The molecule has 0 aliphatic heterocycles. The number of fused-ring (bicyclic) bond motifs is 1. The summed E-state index contributed by atoms with van der Waals surface area (Å²) in [4.78, 5) is 21.0. The van der Waals surface area contributed by atoms with Gasteiger partial charge in [0.1, 0.15) is 21.9 Å². The van der Waals surface area contributed by atoms with Gasteiger partial charge < -0.3 is 14.9 Å². The standard InChI is InChI=1S/C19H20N2O4S/c1-4-14(20-2)15-10-21-18(26-15)19(24)9-5-6-11-13(19)8-7-12(16(11)22)17(23)25-3/h4,7-8,10,22,24H,2,5-6,9H2,1,3H3/b14-4-/t19-/m1/s1.